The Labute approximate surface area is 140 Å². The average molecular weight is 353 g/mol. The Morgan fingerprint density at radius 1 is 1.00 bits per heavy atom. The maximum Gasteiger partial charge on any atom is 0.261 e. The van der Waals surface area contributed by atoms with E-state index in [-0.39, 0.29) is 16.7 Å². The number of sulfonamides is 1. The Hall–Kier alpha value is -2.05. The van der Waals surface area contributed by atoms with E-state index in [2.05, 4.69) is 10.0 Å². The number of rotatable bonds is 5. The second kappa shape index (κ2) is 7.02. The van der Waals surface area contributed by atoms with Gasteiger partial charge >= 0.3 is 0 Å². The molecule has 0 aromatic heterocycles. The third-order valence-corrected chi connectivity index (χ3v) is 4.97. The molecule has 7 heteroatoms. The van der Waals surface area contributed by atoms with Crippen LogP contribution in [0.2, 0.25) is 0 Å². The van der Waals surface area contributed by atoms with Crippen molar-refractivity contribution < 1.29 is 13.2 Å². The number of alkyl halides is 1. The van der Waals surface area contributed by atoms with Crippen molar-refractivity contribution in [2.75, 3.05) is 15.9 Å². The molecule has 2 aromatic rings. The molecule has 2 aromatic carbocycles. The molecule has 0 aliphatic carbocycles. The van der Waals surface area contributed by atoms with E-state index in [1.54, 1.807) is 12.1 Å². The van der Waals surface area contributed by atoms with E-state index >= 15 is 0 Å². The van der Waals surface area contributed by atoms with Crippen LogP contribution in [0, 0.1) is 13.8 Å². The summed E-state index contributed by atoms with van der Waals surface area (Å²) in [4.78, 5) is 11.3. The van der Waals surface area contributed by atoms with Crippen LogP contribution >= 0.6 is 11.6 Å². The van der Waals surface area contributed by atoms with Gasteiger partial charge in [0.1, 0.15) is 5.88 Å². The van der Waals surface area contributed by atoms with Gasteiger partial charge in [0, 0.05) is 11.4 Å². The van der Waals surface area contributed by atoms with Crippen molar-refractivity contribution in [2.24, 2.45) is 0 Å². The Bertz CT molecular complexity index is 818. The fourth-order valence-electron chi connectivity index (χ4n) is 1.93. The van der Waals surface area contributed by atoms with E-state index < -0.39 is 10.0 Å². The second-order valence-electron chi connectivity index (χ2n) is 5.11. The van der Waals surface area contributed by atoms with Gasteiger partial charge < -0.3 is 5.32 Å². The molecule has 2 N–H and O–H groups in total. The average Bonchev–Trinajstić information content (AvgIpc) is 2.51. The number of anilines is 2. The topological polar surface area (TPSA) is 75.3 Å². The van der Waals surface area contributed by atoms with Crippen LogP contribution in [-0.2, 0) is 14.8 Å². The summed E-state index contributed by atoms with van der Waals surface area (Å²) in [6.07, 6.45) is 0. The van der Waals surface area contributed by atoms with Gasteiger partial charge in [-0.2, -0.15) is 0 Å². The predicted molar refractivity (Wildman–Crippen MR) is 92.5 cm³/mol. The first kappa shape index (κ1) is 17.3. The third kappa shape index (κ3) is 4.46. The second-order valence-corrected chi connectivity index (χ2v) is 7.06. The standard InChI is InChI=1S/C16H17ClN2O3S/c1-11-3-4-14(9-12(11)2)19-23(21,22)15-7-5-13(6-8-15)18-16(20)10-17/h3-9,19H,10H2,1-2H3,(H,18,20). The van der Waals surface area contributed by atoms with E-state index in [9.17, 15) is 13.2 Å². The minimum atomic E-state index is -3.68. The van der Waals surface area contributed by atoms with Crippen LogP contribution in [0.5, 0.6) is 0 Å². The van der Waals surface area contributed by atoms with Gasteiger partial charge in [-0.25, -0.2) is 8.42 Å². The highest BCUT2D eigenvalue weighted by molar-refractivity contribution is 7.92. The number of hydrogen-bond donors (Lipinski definition) is 2. The van der Waals surface area contributed by atoms with E-state index in [0.29, 0.717) is 11.4 Å². The van der Waals surface area contributed by atoms with Gasteiger partial charge in [-0.05, 0) is 61.4 Å². The largest absolute Gasteiger partial charge is 0.325 e. The minimum Gasteiger partial charge on any atom is -0.325 e. The fraction of sp³-hybridized carbons (Fsp3) is 0.188. The summed E-state index contributed by atoms with van der Waals surface area (Å²) < 4.78 is 27.3. The highest BCUT2D eigenvalue weighted by atomic mass is 35.5. The number of amides is 1. The summed E-state index contributed by atoms with van der Waals surface area (Å²) in [6.45, 7) is 3.88. The lowest BCUT2D eigenvalue weighted by Gasteiger charge is -2.10. The zero-order valence-electron chi connectivity index (χ0n) is 12.8. The monoisotopic (exact) mass is 352 g/mol. The van der Waals surface area contributed by atoms with Crippen LogP contribution in [0.3, 0.4) is 0 Å². The summed E-state index contributed by atoms with van der Waals surface area (Å²) in [5.74, 6) is -0.510. The fourth-order valence-corrected chi connectivity index (χ4v) is 3.05. The summed E-state index contributed by atoms with van der Waals surface area (Å²) >= 11 is 5.40. The molecule has 0 saturated heterocycles. The molecule has 0 spiro atoms. The van der Waals surface area contributed by atoms with E-state index in [1.165, 1.54) is 24.3 Å². The number of carbonyl (C=O) groups is 1. The van der Waals surface area contributed by atoms with Crippen molar-refractivity contribution in [1.82, 2.24) is 0 Å². The molecule has 0 unspecified atom stereocenters. The molecular weight excluding hydrogens is 336 g/mol. The van der Waals surface area contributed by atoms with Gasteiger partial charge in [-0.3, -0.25) is 9.52 Å². The van der Waals surface area contributed by atoms with Crippen LogP contribution in [0.1, 0.15) is 11.1 Å². The lowest BCUT2D eigenvalue weighted by molar-refractivity contribution is -0.113. The van der Waals surface area contributed by atoms with Crippen molar-refractivity contribution in [1.29, 1.82) is 0 Å². The van der Waals surface area contributed by atoms with Crippen LogP contribution in [0.4, 0.5) is 11.4 Å². The molecule has 122 valence electrons. The Morgan fingerprint density at radius 3 is 2.17 bits per heavy atom. The SMILES string of the molecule is Cc1ccc(NS(=O)(=O)c2ccc(NC(=O)CCl)cc2)cc1C. The van der Waals surface area contributed by atoms with Crippen molar-refractivity contribution >= 4 is 38.9 Å². The third-order valence-electron chi connectivity index (χ3n) is 3.33. The highest BCUT2D eigenvalue weighted by Gasteiger charge is 2.14. The van der Waals surface area contributed by atoms with E-state index in [4.69, 9.17) is 11.6 Å². The van der Waals surface area contributed by atoms with Gasteiger partial charge in [-0.15, -0.1) is 11.6 Å². The molecule has 1 amide bonds. The summed E-state index contributed by atoms with van der Waals surface area (Å²) in [5.41, 5.74) is 3.09. The molecule has 0 bridgehead atoms. The van der Waals surface area contributed by atoms with Crippen LogP contribution in [0.15, 0.2) is 47.4 Å². The molecule has 0 heterocycles. The first-order valence-electron chi connectivity index (χ1n) is 6.88. The molecule has 2 rings (SSSR count). The Kier molecular flexibility index (Phi) is 5.28. The molecule has 0 aliphatic rings. The van der Waals surface area contributed by atoms with Gasteiger partial charge in [0.25, 0.3) is 10.0 Å². The predicted octanol–water partition coefficient (Wildman–Crippen LogP) is 3.28. The first-order valence-corrected chi connectivity index (χ1v) is 8.89. The number of halogens is 1. The maximum absolute atomic E-state index is 12.4. The first-order chi connectivity index (χ1) is 10.8. The molecule has 5 nitrogen and oxygen atoms in total. The van der Waals surface area contributed by atoms with Crippen molar-refractivity contribution in [3.63, 3.8) is 0 Å². The van der Waals surface area contributed by atoms with Crippen molar-refractivity contribution in [3.05, 3.63) is 53.6 Å². The zero-order valence-corrected chi connectivity index (χ0v) is 14.3. The number of hydrogen-bond acceptors (Lipinski definition) is 3. The highest BCUT2D eigenvalue weighted by Crippen LogP contribution is 2.20. The lowest BCUT2D eigenvalue weighted by atomic mass is 10.1. The molecular formula is C16H17ClN2O3S. The van der Waals surface area contributed by atoms with Crippen molar-refractivity contribution in [2.45, 2.75) is 18.7 Å². The molecule has 23 heavy (non-hydrogen) atoms. The summed E-state index contributed by atoms with van der Waals surface area (Å²) in [7, 11) is -3.68. The molecule has 0 radical (unpaired) electrons. The van der Waals surface area contributed by atoms with E-state index in [1.807, 2.05) is 19.9 Å². The number of aryl methyl sites for hydroxylation is 2. The zero-order chi connectivity index (χ0) is 17.0. The van der Waals surface area contributed by atoms with Gasteiger partial charge in [0.15, 0.2) is 0 Å². The minimum absolute atomic E-state index is 0.111. The maximum atomic E-state index is 12.4. The lowest BCUT2D eigenvalue weighted by Crippen LogP contribution is -2.14. The van der Waals surface area contributed by atoms with Crippen LogP contribution in [0.25, 0.3) is 0 Å². The van der Waals surface area contributed by atoms with E-state index in [0.717, 1.165) is 11.1 Å². The molecule has 0 saturated carbocycles. The van der Waals surface area contributed by atoms with Crippen LogP contribution < -0.4 is 10.0 Å². The Balaban J connectivity index is 2.18. The van der Waals surface area contributed by atoms with Gasteiger partial charge in [0.2, 0.25) is 5.91 Å². The molecule has 0 atom stereocenters. The number of benzene rings is 2. The van der Waals surface area contributed by atoms with Crippen LogP contribution in [-0.4, -0.2) is 20.2 Å². The normalized spacial score (nSPS) is 11.1. The van der Waals surface area contributed by atoms with Gasteiger partial charge in [-0.1, -0.05) is 6.07 Å². The molecule has 0 fully saturated rings. The smallest absolute Gasteiger partial charge is 0.261 e. The number of carbonyl (C=O) groups excluding carboxylic acids is 1. The summed E-state index contributed by atoms with van der Waals surface area (Å²) in [6, 6.07) is 11.2. The molecule has 0 aliphatic heterocycles. The quantitative estimate of drug-likeness (QED) is 0.811. The van der Waals surface area contributed by atoms with Gasteiger partial charge in [0.05, 0.1) is 4.90 Å². The Morgan fingerprint density at radius 2 is 1.61 bits per heavy atom. The van der Waals surface area contributed by atoms with Crippen molar-refractivity contribution in [3.8, 4) is 0 Å². The summed E-state index contributed by atoms with van der Waals surface area (Å²) in [5, 5.41) is 2.55. The number of nitrogens with one attached hydrogen (secondary N) is 2.